The molecule has 0 spiro atoms. The fourth-order valence-corrected chi connectivity index (χ4v) is 1.41. The Kier molecular flexibility index (Phi) is 3.85. The molecule has 0 fully saturated rings. The van der Waals surface area contributed by atoms with Gasteiger partial charge >= 0.3 is 0 Å². The number of aliphatic hydroxyl groups excluding tert-OH is 1. The van der Waals surface area contributed by atoms with Crippen molar-refractivity contribution in [2.75, 3.05) is 0 Å². The van der Waals surface area contributed by atoms with Gasteiger partial charge in [-0.1, -0.05) is 16.4 Å². The third-order valence-electron chi connectivity index (χ3n) is 2.27. The average molecular weight is 245 g/mol. The number of azide groups is 1. The molecule has 0 aliphatic carbocycles. The molecule has 8 nitrogen and oxygen atoms in total. The SMILES string of the molecule is [N-]=[N+]=NCc1ccc(Cn2cc(CO)nn2)nc1. The van der Waals surface area contributed by atoms with Crippen molar-refractivity contribution in [3.8, 4) is 0 Å². The molecule has 8 heteroatoms. The van der Waals surface area contributed by atoms with Crippen molar-refractivity contribution in [1.29, 1.82) is 0 Å². The van der Waals surface area contributed by atoms with Gasteiger partial charge in [-0.3, -0.25) is 4.98 Å². The lowest BCUT2D eigenvalue weighted by Crippen LogP contribution is -2.02. The molecule has 0 radical (unpaired) electrons. The van der Waals surface area contributed by atoms with Gasteiger partial charge in [0.1, 0.15) is 5.69 Å². The Morgan fingerprint density at radius 2 is 2.28 bits per heavy atom. The molecular formula is C10H11N7O. The molecule has 0 amide bonds. The standard InChI is InChI=1S/C10H11N7O/c11-15-13-4-8-1-2-9(12-3-8)5-17-6-10(7-18)14-16-17/h1-3,6,18H,4-5,7H2. The van der Waals surface area contributed by atoms with Crippen molar-refractivity contribution in [3.05, 3.63) is 51.9 Å². The zero-order valence-corrected chi connectivity index (χ0v) is 9.51. The molecule has 2 rings (SSSR count). The highest BCUT2D eigenvalue weighted by molar-refractivity contribution is 5.14. The van der Waals surface area contributed by atoms with Crippen molar-refractivity contribution in [2.45, 2.75) is 19.7 Å². The molecular weight excluding hydrogens is 234 g/mol. The minimum Gasteiger partial charge on any atom is -0.390 e. The molecule has 0 aliphatic rings. The highest BCUT2D eigenvalue weighted by Crippen LogP contribution is 2.04. The first-order valence-electron chi connectivity index (χ1n) is 5.26. The third kappa shape index (κ3) is 3.03. The van der Waals surface area contributed by atoms with Gasteiger partial charge in [0.2, 0.25) is 0 Å². The largest absolute Gasteiger partial charge is 0.390 e. The van der Waals surface area contributed by atoms with Crippen LogP contribution in [0.2, 0.25) is 0 Å². The Morgan fingerprint density at radius 1 is 1.39 bits per heavy atom. The van der Waals surface area contributed by atoms with Gasteiger partial charge in [-0.25, -0.2) is 4.68 Å². The monoisotopic (exact) mass is 245 g/mol. The second kappa shape index (κ2) is 5.76. The van der Waals surface area contributed by atoms with Crippen LogP contribution in [0.15, 0.2) is 29.6 Å². The van der Waals surface area contributed by atoms with Crippen LogP contribution in [0, 0.1) is 0 Å². The zero-order chi connectivity index (χ0) is 12.8. The molecule has 0 bridgehead atoms. The summed E-state index contributed by atoms with van der Waals surface area (Å²) in [6.07, 6.45) is 3.32. The quantitative estimate of drug-likeness (QED) is 0.481. The minimum absolute atomic E-state index is 0.126. The molecule has 18 heavy (non-hydrogen) atoms. The molecule has 0 atom stereocenters. The van der Waals surface area contributed by atoms with E-state index < -0.39 is 0 Å². The second-order valence-electron chi connectivity index (χ2n) is 3.61. The maximum atomic E-state index is 8.86. The van der Waals surface area contributed by atoms with Gasteiger partial charge in [0.05, 0.1) is 31.6 Å². The van der Waals surface area contributed by atoms with Crippen LogP contribution in [0.4, 0.5) is 0 Å². The molecule has 0 unspecified atom stereocenters. The number of hydrogen-bond donors (Lipinski definition) is 1. The predicted molar refractivity (Wildman–Crippen MR) is 62.1 cm³/mol. The summed E-state index contributed by atoms with van der Waals surface area (Å²) in [5.74, 6) is 0. The van der Waals surface area contributed by atoms with Crippen molar-refractivity contribution in [3.63, 3.8) is 0 Å². The molecule has 0 saturated carbocycles. The van der Waals surface area contributed by atoms with Crippen LogP contribution in [-0.4, -0.2) is 25.1 Å². The summed E-state index contributed by atoms with van der Waals surface area (Å²) >= 11 is 0. The summed E-state index contributed by atoms with van der Waals surface area (Å²) in [5.41, 5.74) is 10.4. The minimum atomic E-state index is -0.126. The van der Waals surface area contributed by atoms with Gasteiger partial charge < -0.3 is 5.11 Å². The maximum absolute atomic E-state index is 8.86. The van der Waals surface area contributed by atoms with Crippen LogP contribution in [0.5, 0.6) is 0 Å². The molecule has 2 heterocycles. The van der Waals surface area contributed by atoms with E-state index in [0.29, 0.717) is 18.8 Å². The van der Waals surface area contributed by atoms with Gasteiger partial charge in [0, 0.05) is 11.1 Å². The smallest absolute Gasteiger partial charge is 0.108 e. The summed E-state index contributed by atoms with van der Waals surface area (Å²) in [5, 5.41) is 19.9. The Morgan fingerprint density at radius 3 is 2.89 bits per heavy atom. The summed E-state index contributed by atoms with van der Waals surface area (Å²) in [6.45, 7) is 0.648. The lowest BCUT2D eigenvalue weighted by Gasteiger charge is -2.01. The molecule has 0 aliphatic heterocycles. The van der Waals surface area contributed by atoms with E-state index in [1.165, 1.54) is 0 Å². The van der Waals surface area contributed by atoms with Crippen LogP contribution < -0.4 is 0 Å². The van der Waals surface area contributed by atoms with Crippen LogP contribution in [-0.2, 0) is 19.7 Å². The fourth-order valence-electron chi connectivity index (χ4n) is 1.41. The fraction of sp³-hybridized carbons (Fsp3) is 0.300. The number of hydrogen-bond acceptors (Lipinski definition) is 5. The highest BCUT2D eigenvalue weighted by Gasteiger charge is 2.01. The maximum Gasteiger partial charge on any atom is 0.108 e. The van der Waals surface area contributed by atoms with E-state index in [1.54, 1.807) is 17.1 Å². The van der Waals surface area contributed by atoms with Crippen LogP contribution in [0.3, 0.4) is 0 Å². The molecule has 1 N–H and O–H groups in total. The molecule has 92 valence electrons. The van der Waals surface area contributed by atoms with Crippen molar-refractivity contribution in [1.82, 2.24) is 20.0 Å². The molecule has 2 aromatic rings. The van der Waals surface area contributed by atoms with Crippen LogP contribution >= 0.6 is 0 Å². The number of nitrogens with zero attached hydrogens (tertiary/aromatic N) is 7. The highest BCUT2D eigenvalue weighted by atomic mass is 16.3. The van der Waals surface area contributed by atoms with Crippen molar-refractivity contribution >= 4 is 0 Å². The average Bonchev–Trinajstić information content (AvgIpc) is 2.86. The van der Waals surface area contributed by atoms with E-state index in [4.69, 9.17) is 10.6 Å². The van der Waals surface area contributed by atoms with Gasteiger partial charge in [0.15, 0.2) is 0 Å². The van der Waals surface area contributed by atoms with E-state index in [2.05, 4.69) is 25.3 Å². The third-order valence-corrected chi connectivity index (χ3v) is 2.27. The van der Waals surface area contributed by atoms with Gasteiger partial charge in [-0.2, -0.15) is 0 Å². The molecule has 0 aromatic carbocycles. The normalized spacial score (nSPS) is 10.1. The van der Waals surface area contributed by atoms with E-state index in [-0.39, 0.29) is 6.61 Å². The number of aromatic nitrogens is 4. The first-order valence-corrected chi connectivity index (χ1v) is 5.26. The zero-order valence-electron chi connectivity index (χ0n) is 9.51. The van der Waals surface area contributed by atoms with Gasteiger partial charge in [0.25, 0.3) is 0 Å². The van der Waals surface area contributed by atoms with E-state index in [9.17, 15) is 0 Å². The van der Waals surface area contributed by atoms with Gasteiger partial charge in [-0.15, -0.1) is 5.10 Å². The first-order chi connectivity index (χ1) is 8.81. The number of pyridine rings is 1. The summed E-state index contributed by atoms with van der Waals surface area (Å²) < 4.78 is 1.60. The number of rotatable bonds is 5. The topological polar surface area (TPSA) is 113 Å². The first kappa shape index (κ1) is 12.0. The van der Waals surface area contributed by atoms with Crippen LogP contribution in [0.1, 0.15) is 17.0 Å². The van der Waals surface area contributed by atoms with E-state index in [1.807, 2.05) is 12.1 Å². The van der Waals surface area contributed by atoms with Gasteiger partial charge in [-0.05, 0) is 17.2 Å². The lowest BCUT2D eigenvalue weighted by molar-refractivity contribution is 0.276. The number of aliphatic hydroxyl groups is 1. The molecule has 2 aromatic heterocycles. The molecule has 0 saturated heterocycles. The Labute approximate surface area is 103 Å². The van der Waals surface area contributed by atoms with Crippen LogP contribution in [0.25, 0.3) is 10.4 Å². The van der Waals surface area contributed by atoms with Crippen molar-refractivity contribution in [2.24, 2.45) is 5.11 Å². The summed E-state index contributed by atoms with van der Waals surface area (Å²) in [4.78, 5) is 6.91. The van der Waals surface area contributed by atoms with E-state index >= 15 is 0 Å². The van der Waals surface area contributed by atoms with E-state index in [0.717, 1.165) is 11.3 Å². The summed E-state index contributed by atoms with van der Waals surface area (Å²) in [7, 11) is 0. The predicted octanol–water partition coefficient (Wildman–Crippen LogP) is 1.02. The van der Waals surface area contributed by atoms with Crippen molar-refractivity contribution < 1.29 is 5.11 Å². The Balaban J connectivity index is 2.03. The summed E-state index contributed by atoms with van der Waals surface area (Å²) in [6, 6.07) is 3.68. The Hall–Kier alpha value is -2.44. The lowest BCUT2D eigenvalue weighted by atomic mass is 10.2. The second-order valence-corrected chi connectivity index (χ2v) is 3.61. The Bertz CT molecular complexity index is 556.